The fourth-order valence-corrected chi connectivity index (χ4v) is 1.62. The SMILES string of the molecule is S=C(NCCCn1ccnc1)NC1CC1. The van der Waals surface area contributed by atoms with Crippen LogP contribution in [-0.4, -0.2) is 27.3 Å². The van der Waals surface area contributed by atoms with E-state index in [-0.39, 0.29) is 0 Å². The molecule has 1 aromatic rings. The van der Waals surface area contributed by atoms with E-state index in [9.17, 15) is 0 Å². The number of hydrogen-bond acceptors (Lipinski definition) is 2. The summed E-state index contributed by atoms with van der Waals surface area (Å²) in [6.45, 7) is 1.90. The van der Waals surface area contributed by atoms with Crippen molar-refractivity contribution in [3.05, 3.63) is 18.7 Å². The summed E-state index contributed by atoms with van der Waals surface area (Å²) in [5.41, 5.74) is 0. The third-order valence-corrected chi connectivity index (χ3v) is 2.61. The maximum atomic E-state index is 5.14. The highest BCUT2D eigenvalue weighted by molar-refractivity contribution is 7.80. The van der Waals surface area contributed by atoms with E-state index in [0.29, 0.717) is 6.04 Å². The van der Waals surface area contributed by atoms with E-state index in [4.69, 9.17) is 12.2 Å². The van der Waals surface area contributed by atoms with Crippen molar-refractivity contribution in [2.45, 2.75) is 31.8 Å². The average molecular weight is 224 g/mol. The Balaban J connectivity index is 1.52. The molecule has 1 aromatic heterocycles. The number of thiocarbonyl (C=S) groups is 1. The van der Waals surface area contributed by atoms with Crippen molar-refractivity contribution in [1.29, 1.82) is 0 Å². The monoisotopic (exact) mass is 224 g/mol. The van der Waals surface area contributed by atoms with Crippen LogP contribution in [0.4, 0.5) is 0 Å². The summed E-state index contributed by atoms with van der Waals surface area (Å²) in [7, 11) is 0. The van der Waals surface area contributed by atoms with Gasteiger partial charge in [0, 0.05) is 31.5 Å². The molecular formula is C10H16N4S. The van der Waals surface area contributed by atoms with E-state index in [1.165, 1.54) is 12.8 Å². The van der Waals surface area contributed by atoms with Crippen molar-refractivity contribution in [3.63, 3.8) is 0 Å². The normalized spacial score (nSPS) is 14.9. The summed E-state index contributed by atoms with van der Waals surface area (Å²) in [5.74, 6) is 0. The van der Waals surface area contributed by atoms with E-state index >= 15 is 0 Å². The maximum absolute atomic E-state index is 5.14. The van der Waals surface area contributed by atoms with E-state index in [0.717, 1.165) is 24.6 Å². The van der Waals surface area contributed by atoms with Crippen LogP contribution >= 0.6 is 12.2 Å². The maximum Gasteiger partial charge on any atom is 0.166 e. The van der Waals surface area contributed by atoms with Gasteiger partial charge in [-0.3, -0.25) is 0 Å². The third-order valence-electron chi connectivity index (χ3n) is 2.35. The fourth-order valence-electron chi connectivity index (χ4n) is 1.35. The summed E-state index contributed by atoms with van der Waals surface area (Å²) in [4.78, 5) is 3.99. The molecule has 1 fully saturated rings. The lowest BCUT2D eigenvalue weighted by molar-refractivity contribution is 0.627. The standard InChI is InChI=1S/C10H16N4S/c15-10(13-9-2-3-9)12-4-1-6-14-7-5-11-8-14/h5,7-9H,1-4,6H2,(H2,12,13,15). The van der Waals surface area contributed by atoms with Crippen molar-refractivity contribution >= 4 is 17.3 Å². The average Bonchev–Trinajstić information content (AvgIpc) is 2.87. The first-order chi connectivity index (χ1) is 7.34. The Bertz CT molecular complexity index is 305. The molecule has 4 nitrogen and oxygen atoms in total. The minimum absolute atomic E-state index is 0.638. The predicted octanol–water partition coefficient (Wildman–Crippen LogP) is 0.900. The Kier molecular flexibility index (Phi) is 3.55. The number of aryl methyl sites for hydroxylation is 1. The van der Waals surface area contributed by atoms with Crippen molar-refractivity contribution < 1.29 is 0 Å². The minimum atomic E-state index is 0.638. The first-order valence-electron chi connectivity index (χ1n) is 5.35. The highest BCUT2D eigenvalue weighted by Gasteiger charge is 2.21. The highest BCUT2D eigenvalue weighted by Crippen LogP contribution is 2.18. The van der Waals surface area contributed by atoms with Gasteiger partial charge in [-0.05, 0) is 31.5 Å². The lowest BCUT2D eigenvalue weighted by Gasteiger charge is -2.09. The van der Waals surface area contributed by atoms with Crippen molar-refractivity contribution in [3.8, 4) is 0 Å². The van der Waals surface area contributed by atoms with Gasteiger partial charge in [-0.25, -0.2) is 4.98 Å². The second-order valence-electron chi connectivity index (χ2n) is 3.83. The molecule has 0 bridgehead atoms. The molecule has 0 spiro atoms. The number of nitrogens with zero attached hydrogens (tertiary/aromatic N) is 2. The minimum Gasteiger partial charge on any atom is -0.363 e. The molecule has 2 N–H and O–H groups in total. The molecule has 0 aliphatic heterocycles. The lowest BCUT2D eigenvalue weighted by atomic mass is 10.4. The zero-order chi connectivity index (χ0) is 10.5. The van der Waals surface area contributed by atoms with Crippen LogP contribution in [0, 0.1) is 0 Å². The van der Waals surface area contributed by atoms with Crippen molar-refractivity contribution in [2.24, 2.45) is 0 Å². The first-order valence-corrected chi connectivity index (χ1v) is 5.75. The van der Waals surface area contributed by atoms with E-state index < -0.39 is 0 Å². The molecule has 1 saturated carbocycles. The van der Waals surface area contributed by atoms with Gasteiger partial charge in [0.1, 0.15) is 0 Å². The van der Waals surface area contributed by atoms with Gasteiger partial charge in [-0.15, -0.1) is 0 Å². The van der Waals surface area contributed by atoms with Crippen LogP contribution in [0.5, 0.6) is 0 Å². The molecule has 1 aliphatic rings. The van der Waals surface area contributed by atoms with Crippen LogP contribution in [0.25, 0.3) is 0 Å². The quantitative estimate of drug-likeness (QED) is 0.576. The summed E-state index contributed by atoms with van der Waals surface area (Å²) < 4.78 is 2.07. The number of aromatic nitrogens is 2. The zero-order valence-electron chi connectivity index (χ0n) is 8.65. The van der Waals surface area contributed by atoms with E-state index in [1.807, 2.05) is 12.5 Å². The second-order valence-corrected chi connectivity index (χ2v) is 4.24. The van der Waals surface area contributed by atoms with Crippen LogP contribution in [0.1, 0.15) is 19.3 Å². The van der Waals surface area contributed by atoms with Crippen LogP contribution in [0.15, 0.2) is 18.7 Å². The Hall–Kier alpha value is -1.10. The summed E-state index contributed by atoms with van der Waals surface area (Å²) in [6, 6.07) is 0.638. The summed E-state index contributed by atoms with van der Waals surface area (Å²) in [5, 5.41) is 7.25. The van der Waals surface area contributed by atoms with Gasteiger partial charge in [0.05, 0.1) is 6.33 Å². The van der Waals surface area contributed by atoms with Crippen LogP contribution in [0.2, 0.25) is 0 Å². The first kappa shape index (κ1) is 10.4. The molecule has 0 radical (unpaired) electrons. The Labute approximate surface area is 95.1 Å². The molecule has 0 amide bonds. The molecule has 0 unspecified atom stereocenters. The molecule has 0 aromatic carbocycles. The fraction of sp³-hybridized carbons (Fsp3) is 0.600. The third kappa shape index (κ3) is 3.87. The Morgan fingerprint density at radius 1 is 1.53 bits per heavy atom. The number of hydrogen-bond donors (Lipinski definition) is 2. The Morgan fingerprint density at radius 2 is 2.40 bits per heavy atom. The topological polar surface area (TPSA) is 41.9 Å². The molecule has 5 heteroatoms. The van der Waals surface area contributed by atoms with Gasteiger partial charge in [0.15, 0.2) is 5.11 Å². The predicted molar refractivity (Wildman–Crippen MR) is 63.6 cm³/mol. The molecule has 0 atom stereocenters. The van der Waals surface area contributed by atoms with Gasteiger partial charge < -0.3 is 15.2 Å². The second kappa shape index (κ2) is 5.11. The molecule has 1 heterocycles. The molecule has 15 heavy (non-hydrogen) atoms. The van der Waals surface area contributed by atoms with Crippen LogP contribution in [0.3, 0.4) is 0 Å². The summed E-state index contributed by atoms with van der Waals surface area (Å²) in [6.07, 6.45) is 9.19. The Morgan fingerprint density at radius 3 is 3.07 bits per heavy atom. The molecule has 82 valence electrons. The largest absolute Gasteiger partial charge is 0.363 e. The summed E-state index contributed by atoms with van der Waals surface area (Å²) >= 11 is 5.14. The number of imidazole rings is 1. The van der Waals surface area contributed by atoms with Gasteiger partial charge in [-0.1, -0.05) is 0 Å². The molecular weight excluding hydrogens is 208 g/mol. The van der Waals surface area contributed by atoms with Gasteiger partial charge in [-0.2, -0.15) is 0 Å². The highest BCUT2D eigenvalue weighted by atomic mass is 32.1. The van der Waals surface area contributed by atoms with E-state index in [1.54, 1.807) is 6.20 Å². The number of rotatable bonds is 5. The van der Waals surface area contributed by atoms with Crippen LogP contribution in [-0.2, 0) is 6.54 Å². The smallest absolute Gasteiger partial charge is 0.166 e. The molecule has 2 rings (SSSR count). The lowest BCUT2D eigenvalue weighted by Crippen LogP contribution is -2.37. The van der Waals surface area contributed by atoms with Gasteiger partial charge >= 0.3 is 0 Å². The van der Waals surface area contributed by atoms with Gasteiger partial charge in [0.2, 0.25) is 0 Å². The van der Waals surface area contributed by atoms with E-state index in [2.05, 4.69) is 20.2 Å². The van der Waals surface area contributed by atoms with Gasteiger partial charge in [0.25, 0.3) is 0 Å². The van der Waals surface area contributed by atoms with Crippen molar-refractivity contribution in [1.82, 2.24) is 20.2 Å². The molecule has 0 saturated heterocycles. The molecule has 1 aliphatic carbocycles. The number of nitrogens with one attached hydrogen (secondary N) is 2. The van der Waals surface area contributed by atoms with Crippen molar-refractivity contribution in [2.75, 3.05) is 6.54 Å². The zero-order valence-corrected chi connectivity index (χ0v) is 9.46. The van der Waals surface area contributed by atoms with Crippen LogP contribution < -0.4 is 10.6 Å².